The first-order valence-corrected chi connectivity index (χ1v) is 7.81. The Kier molecular flexibility index (Phi) is 6.71. The smallest absolute Gasteiger partial charge is 0.253 e. The molecule has 0 bridgehead atoms. The van der Waals surface area contributed by atoms with Crippen molar-refractivity contribution in [2.24, 2.45) is 0 Å². The molecule has 1 amide bonds. The van der Waals surface area contributed by atoms with E-state index in [1.807, 2.05) is 30.3 Å². The van der Waals surface area contributed by atoms with Gasteiger partial charge in [0, 0.05) is 7.11 Å². The van der Waals surface area contributed by atoms with Gasteiger partial charge in [0.1, 0.15) is 17.4 Å². The highest BCUT2D eigenvalue weighted by atomic mass is 35.5. The molecule has 2 rings (SSSR count). The summed E-state index contributed by atoms with van der Waals surface area (Å²) in [4.78, 5) is 12.2. The molecular weight excluding hydrogens is 337 g/mol. The van der Waals surface area contributed by atoms with E-state index in [2.05, 4.69) is 5.32 Å². The van der Waals surface area contributed by atoms with Gasteiger partial charge in [-0.1, -0.05) is 59.6 Å². The van der Waals surface area contributed by atoms with Crippen LogP contribution in [0.2, 0.25) is 10.0 Å². The van der Waals surface area contributed by atoms with E-state index in [1.54, 1.807) is 18.2 Å². The fourth-order valence-corrected chi connectivity index (χ4v) is 2.39. The Labute approximate surface area is 145 Å². The minimum absolute atomic E-state index is 0.223. The summed E-state index contributed by atoms with van der Waals surface area (Å²) in [6, 6.07) is 14.4. The van der Waals surface area contributed by atoms with Crippen LogP contribution in [-0.4, -0.2) is 26.2 Å². The van der Waals surface area contributed by atoms with Crippen LogP contribution in [0, 0.1) is 0 Å². The number of hydrogen-bond donors (Lipinski definition) is 1. The third-order valence-corrected chi connectivity index (χ3v) is 3.95. The minimum Gasteiger partial charge on any atom is -0.490 e. The summed E-state index contributed by atoms with van der Waals surface area (Å²) in [6.45, 7) is 0.603. The molecule has 0 aliphatic heterocycles. The zero-order valence-corrected chi connectivity index (χ0v) is 14.1. The van der Waals surface area contributed by atoms with Crippen molar-refractivity contribution in [3.8, 4) is 5.75 Å². The minimum atomic E-state index is -0.647. The molecule has 0 saturated carbocycles. The maximum atomic E-state index is 12.2. The number of rotatable bonds is 7. The van der Waals surface area contributed by atoms with Gasteiger partial charge >= 0.3 is 0 Å². The first-order chi connectivity index (χ1) is 11.1. The molecule has 4 nitrogen and oxygen atoms in total. The van der Waals surface area contributed by atoms with Crippen LogP contribution in [0.1, 0.15) is 11.7 Å². The van der Waals surface area contributed by atoms with Crippen LogP contribution in [0.15, 0.2) is 48.5 Å². The Morgan fingerprint density at radius 2 is 1.87 bits per heavy atom. The van der Waals surface area contributed by atoms with Gasteiger partial charge in [-0.2, -0.15) is 0 Å². The number of halogens is 2. The van der Waals surface area contributed by atoms with Crippen LogP contribution < -0.4 is 10.1 Å². The number of benzene rings is 2. The van der Waals surface area contributed by atoms with Gasteiger partial charge < -0.3 is 14.8 Å². The standard InChI is InChI=1S/C17H17Cl2NO3/c1-22-16(12-6-3-2-4-7-12)17(21)20-10-11-23-14-9-5-8-13(18)15(14)19/h2-9,16H,10-11H2,1H3,(H,20,21). The molecule has 2 aromatic rings. The molecule has 0 aromatic heterocycles. The molecule has 1 N–H and O–H groups in total. The molecule has 6 heteroatoms. The number of methoxy groups -OCH3 is 1. The fraction of sp³-hybridized carbons (Fsp3) is 0.235. The lowest BCUT2D eigenvalue weighted by Gasteiger charge is -2.16. The second kappa shape index (κ2) is 8.77. The molecule has 1 atom stereocenters. The predicted molar refractivity (Wildman–Crippen MR) is 91.2 cm³/mol. The van der Waals surface area contributed by atoms with Crippen LogP contribution >= 0.6 is 23.2 Å². The van der Waals surface area contributed by atoms with Crippen LogP contribution in [0.3, 0.4) is 0 Å². The van der Waals surface area contributed by atoms with E-state index in [-0.39, 0.29) is 12.5 Å². The number of carbonyl (C=O) groups excluding carboxylic acids is 1. The molecule has 0 aliphatic rings. The lowest BCUT2D eigenvalue weighted by Crippen LogP contribution is -2.33. The average molecular weight is 354 g/mol. The summed E-state index contributed by atoms with van der Waals surface area (Å²) in [5, 5.41) is 3.56. The number of carbonyl (C=O) groups is 1. The van der Waals surface area contributed by atoms with Crippen LogP contribution in [0.4, 0.5) is 0 Å². The highest BCUT2D eigenvalue weighted by Gasteiger charge is 2.19. The second-order valence-corrected chi connectivity index (χ2v) is 5.50. The summed E-state index contributed by atoms with van der Waals surface area (Å²) in [6.07, 6.45) is -0.647. The third-order valence-electron chi connectivity index (χ3n) is 3.15. The van der Waals surface area contributed by atoms with Crippen LogP contribution in [-0.2, 0) is 9.53 Å². The van der Waals surface area contributed by atoms with Crippen LogP contribution in [0.25, 0.3) is 0 Å². The number of amides is 1. The highest BCUT2D eigenvalue weighted by Crippen LogP contribution is 2.31. The lowest BCUT2D eigenvalue weighted by atomic mass is 10.1. The molecule has 122 valence electrons. The Balaban J connectivity index is 1.83. The molecule has 2 aromatic carbocycles. The van der Waals surface area contributed by atoms with E-state index in [4.69, 9.17) is 32.7 Å². The van der Waals surface area contributed by atoms with Gasteiger partial charge in [-0.05, 0) is 17.7 Å². The Bertz CT molecular complexity index is 650. The summed E-state index contributed by atoms with van der Waals surface area (Å²) >= 11 is 11.9. The first-order valence-electron chi connectivity index (χ1n) is 7.05. The molecule has 0 spiro atoms. The Morgan fingerprint density at radius 1 is 1.13 bits per heavy atom. The van der Waals surface area contributed by atoms with Gasteiger partial charge in [-0.15, -0.1) is 0 Å². The van der Waals surface area contributed by atoms with E-state index in [0.717, 1.165) is 5.56 Å². The normalized spacial score (nSPS) is 11.8. The Hall–Kier alpha value is -1.75. The SMILES string of the molecule is COC(C(=O)NCCOc1cccc(Cl)c1Cl)c1ccccc1. The van der Waals surface area contributed by atoms with Gasteiger partial charge in [0.15, 0.2) is 6.10 Å². The monoisotopic (exact) mass is 353 g/mol. The van der Waals surface area contributed by atoms with E-state index in [0.29, 0.717) is 22.3 Å². The topological polar surface area (TPSA) is 47.6 Å². The van der Waals surface area contributed by atoms with E-state index >= 15 is 0 Å². The molecular formula is C17H17Cl2NO3. The largest absolute Gasteiger partial charge is 0.490 e. The summed E-state index contributed by atoms with van der Waals surface area (Å²) < 4.78 is 10.8. The van der Waals surface area contributed by atoms with Crippen molar-refractivity contribution in [2.45, 2.75) is 6.10 Å². The number of nitrogens with one attached hydrogen (secondary N) is 1. The molecule has 0 aliphatic carbocycles. The molecule has 23 heavy (non-hydrogen) atoms. The van der Waals surface area contributed by atoms with Crippen molar-refractivity contribution < 1.29 is 14.3 Å². The number of hydrogen-bond acceptors (Lipinski definition) is 3. The molecule has 1 unspecified atom stereocenters. The van der Waals surface area contributed by atoms with E-state index in [9.17, 15) is 4.79 Å². The Morgan fingerprint density at radius 3 is 2.57 bits per heavy atom. The van der Waals surface area contributed by atoms with Crippen molar-refractivity contribution >= 4 is 29.1 Å². The van der Waals surface area contributed by atoms with Gasteiger partial charge in [-0.25, -0.2) is 0 Å². The zero-order valence-electron chi connectivity index (χ0n) is 12.6. The van der Waals surface area contributed by atoms with Crippen molar-refractivity contribution in [3.63, 3.8) is 0 Å². The second-order valence-electron chi connectivity index (χ2n) is 4.72. The summed E-state index contributed by atoms with van der Waals surface area (Å²) in [5.41, 5.74) is 0.798. The average Bonchev–Trinajstić information content (AvgIpc) is 2.57. The lowest BCUT2D eigenvalue weighted by molar-refractivity contribution is -0.131. The van der Waals surface area contributed by atoms with Gasteiger partial charge in [0.25, 0.3) is 5.91 Å². The molecule has 0 fully saturated rings. The zero-order chi connectivity index (χ0) is 16.7. The number of ether oxygens (including phenoxy) is 2. The maximum absolute atomic E-state index is 12.2. The molecule has 0 radical (unpaired) electrons. The van der Waals surface area contributed by atoms with Crippen LogP contribution in [0.5, 0.6) is 5.75 Å². The third kappa shape index (κ3) is 4.86. The van der Waals surface area contributed by atoms with Crippen molar-refractivity contribution in [1.82, 2.24) is 5.32 Å². The van der Waals surface area contributed by atoms with Crippen molar-refractivity contribution in [2.75, 3.05) is 20.3 Å². The quantitative estimate of drug-likeness (QED) is 0.768. The maximum Gasteiger partial charge on any atom is 0.253 e. The van der Waals surface area contributed by atoms with Gasteiger partial charge in [0.2, 0.25) is 0 Å². The van der Waals surface area contributed by atoms with Crippen molar-refractivity contribution in [1.29, 1.82) is 0 Å². The summed E-state index contributed by atoms with van der Waals surface area (Å²) in [5.74, 6) is 0.263. The van der Waals surface area contributed by atoms with Gasteiger partial charge in [0.05, 0.1) is 11.6 Å². The first kappa shape index (κ1) is 17.6. The van der Waals surface area contributed by atoms with E-state index in [1.165, 1.54) is 7.11 Å². The summed E-state index contributed by atoms with van der Waals surface area (Å²) in [7, 11) is 1.50. The molecule has 0 heterocycles. The predicted octanol–water partition coefficient (Wildman–Crippen LogP) is 3.88. The van der Waals surface area contributed by atoms with E-state index < -0.39 is 6.10 Å². The van der Waals surface area contributed by atoms with Gasteiger partial charge in [-0.3, -0.25) is 4.79 Å². The van der Waals surface area contributed by atoms with Crippen molar-refractivity contribution in [3.05, 3.63) is 64.1 Å². The highest BCUT2D eigenvalue weighted by molar-refractivity contribution is 6.42. The fourth-order valence-electron chi connectivity index (χ4n) is 2.05. The molecule has 0 saturated heterocycles.